The van der Waals surface area contributed by atoms with Crippen molar-refractivity contribution in [2.75, 3.05) is 6.54 Å². The van der Waals surface area contributed by atoms with Gasteiger partial charge in [-0.1, -0.05) is 0 Å². The molecule has 0 saturated carbocycles. The van der Waals surface area contributed by atoms with Crippen LogP contribution in [0.1, 0.15) is 22.5 Å². The molecular formula is C9H10N2OS. The molecule has 1 N–H and O–H groups in total. The van der Waals surface area contributed by atoms with Gasteiger partial charge in [-0.2, -0.15) is 0 Å². The molecule has 1 heterocycles. The van der Waals surface area contributed by atoms with Crippen molar-refractivity contribution in [2.45, 2.75) is 12.8 Å². The lowest BCUT2D eigenvalue weighted by molar-refractivity contribution is 0.0957. The number of unbranched alkanes of at least 4 members (excludes halogenated alkanes) is 1. The van der Waals surface area contributed by atoms with E-state index >= 15 is 0 Å². The highest BCUT2D eigenvalue weighted by Crippen LogP contribution is 2.04. The van der Waals surface area contributed by atoms with Gasteiger partial charge < -0.3 is 5.32 Å². The summed E-state index contributed by atoms with van der Waals surface area (Å²) < 4.78 is 0. The van der Waals surface area contributed by atoms with Crippen molar-refractivity contribution >= 4 is 17.2 Å². The second kappa shape index (κ2) is 5.33. The second-order valence-electron chi connectivity index (χ2n) is 2.43. The molecule has 1 amide bonds. The van der Waals surface area contributed by atoms with Crippen LogP contribution in [0.25, 0.3) is 0 Å². The van der Waals surface area contributed by atoms with Crippen LogP contribution in [0.3, 0.4) is 0 Å². The van der Waals surface area contributed by atoms with E-state index in [1.54, 1.807) is 11.7 Å². The highest BCUT2D eigenvalue weighted by Gasteiger charge is 2.04. The molecule has 1 aromatic heterocycles. The summed E-state index contributed by atoms with van der Waals surface area (Å²) in [5.74, 6) is 2.45. The molecule has 0 aromatic carbocycles. The van der Waals surface area contributed by atoms with Crippen LogP contribution in [0, 0.1) is 12.3 Å². The Morgan fingerprint density at radius 1 is 1.77 bits per heavy atom. The standard InChI is InChI=1S/C9H10N2OS/c1-2-3-4-5-11-9(12)8-6-10-7-13-8/h1,6-7H,3-5H2,(H,11,12). The van der Waals surface area contributed by atoms with E-state index in [0.29, 0.717) is 17.8 Å². The van der Waals surface area contributed by atoms with Crippen LogP contribution in [-0.4, -0.2) is 17.4 Å². The molecule has 0 bridgehead atoms. The number of carbonyl (C=O) groups excluding carboxylic acids is 1. The number of terminal acetylenes is 1. The Morgan fingerprint density at radius 3 is 3.23 bits per heavy atom. The first-order valence-electron chi connectivity index (χ1n) is 3.94. The van der Waals surface area contributed by atoms with Gasteiger partial charge in [0.15, 0.2) is 0 Å². The lowest BCUT2D eigenvalue weighted by Crippen LogP contribution is -2.23. The minimum Gasteiger partial charge on any atom is -0.351 e. The molecule has 1 rings (SSSR count). The van der Waals surface area contributed by atoms with E-state index in [1.165, 1.54) is 11.3 Å². The van der Waals surface area contributed by atoms with Crippen LogP contribution >= 0.6 is 11.3 Å². The molecule has 13 heavy (non-hydrogen) atoms. The van der Waals surface area contributed by atoms with Gasteiger partial charge in [-0.25, -0.2) is 0 Å². The zero-order valence-electron chi connectivity index (χ0n) is 7.12. The highest BCUT2D eigenvalue weighted by molar-refractivity contribution is 7.11. The number of nitrogens with one attached hydrogen (secondary N) is 1. The number of nitrogens with zero attached hydrogens (tertiary/aromatic N) is 1. The fourth-order valence-corrected chi connectivity index (χ4v) is 1.34. The minimum atomic E-state index is -0.0699. The van der Waals surface area contributed by atoms with Gasteiger partial charge >= 0.3 is 0 Å². The number of hydrogen-bond acceptors (Lipinski definition) is 3. The summed E-state index contributed by atoms with van der Waals surface area (Å²) in [6, 6.07) is 0. The van der Waals surface area contributed by atoms with E-state index in [-0.39, 0.29) is 5.91 Å². The van der Waals surface area contributed by atoms with Gasteiger partial charge in [-0.15, -0.1) is 23.7 Å². The molecule has 68 valence electrons. The van der Waals surface area contributed by atoms with Gasteiger partial charge in [0.2, 0.25) is 0 Å². The number of hydrogen-bond donors (Lipinski definition) is 1. The summed E-state index contributed by atoms with van der Waals surface area (Å²) in [5, 5.41) is 2.76. The van der Waals surface area contributed by atoms with Crippen LogP contribution in [0.2, 0.25) is 0 Å². The fraction of sp³-hybridized carbons (Fsp3) is 0.333. The molecule has 1 aromatic rings. The zero-order chi connectivity index (χ0) is 9.52. The van der Waals surface area contributed by atoms with Gasteiger partial charge in [0.1, 0.15) is 4.88 Å². The number of thiazole rings is 1. The van der Waals surface area contributed by atoms with Crippen molar-refractivity contribution in [3.63, 3.8) is 0 Å². The average Bonchev–Trinajstić information content (AvgIpc) is 2.65. The van der Waals surface area contributed by atoms with E-state index in [2.05, 4.69) is 16.2 Å². The highest BCUT2D eigenvalue weighted by atomic mass is 32.1. The number of rotatable bonds is 4. The maximum absolute atomic E-state index is 11.3. The second-order valence-corrected chi connectivity index (χ2v) is 3.32. The molecule has 0 atom stereocenters. The summed E-state index contributed by atoms with van der Waals surface area (Å²) in [7, 11) is 0. The predicted molar refractivity (Wildman–Crippen MR) is 52.5 cm³/mol. The third-order valence-electron chi connectivity index (χ3n) is 1.44. The number of amides is 1. The molecule has 0 fully saturated rings. The van der Waals surface area contributed by atoms with Crippen molar-refractivity contribution in [3.05, 3.63) is 16.6 Å². The molecular weight excluding hydrogens is 184 g/mol. The van der Waals surface area contributed by atoms with Gasteiger partial charge in [-0.3, -0.25) is 9.78 Å². The smallest absolute Gasteiger partial charge is 0.262 e. The topological polar surface area (TPSA) is 42.0 Å². The van der Waals surface area contributed by atoms with Gasteiger partial charge in [0.25, 0.3) is 5.91 Å². The maximum atomic E-state index is 11.3. The lowest BCUT2D eigenvalue weighted by Gasteiger charge is -1.99. The van der Waals surface area contributed by atoms with E-state index in [4.69, 9.17) is 6.42 Å². The predicted octanol–water partition coefficient (Wildman–Crippen LogP) is 1.29. The van der Waals surface area contributed by atoms with Gasteiger partial charge in [-0.05, 0) is 6.42 Å². The molecule has 4 heteroatoms. The molecule has 0 radical (unpaired) electrons. The molecule has 0 saturated heterocycles. The summed E-state index contributed by atoms with van der Waals surface area (Å²) >= 11 is 1.33. The quantitative estimate of drug-likeness (QED) is 0.579. The monoisotopic (exact) mass is 194 g/mol. The van der Waals surface area contributed by atoms with Crippen LogP contribution in [0.15, 0.2) is 11.7 Å². The summed E-state index contributed by atoms with van der Waals surface area (Å²) in [6.45, 7) is 0.626. The van der Waals surface area contributed by atoms with Crippen LogP contribution in [0.4, 0.5) is 0 Å². The molecule has 0 aliphatic rings. The molecule has 0 aliphatic heterocycles. The Morgan fingerprint density at radius 2 is 2.62 bits per heavy atom. The molecule has 0 aliphatic carbocycles. The Kier molecular flexibility index (Phi) is 4.00. The van der Waals surface area contributed by atoms with E-state index < -0.39 is 0 Å². The summed E-state index contributed by atoms with van der Waals surface area (Å²) in [5.41, 5.74) is 1.64. The largest absolute Gasteiger partial charge is 0.351 e. The van der Waals surface area contributed by atoms with Crippen LogP contribution in [-0.2, 0) is 0 Å². The Bertz CT molecular complexity index is 300. The van der Waals surface area contributed by atoms with Gasteiger partial charge in [0.05, 0.1) is 11.7 Å². The van der Waals surface area contributed by atoms with Crippen LogP contribution in [0.5, 0.6) is 0 Å². The first-order valence-corrected chi connectivity index (χ1v) is 4.82. The number of aromatic nitrogens is 1. The third kappa shape index (κ3) is 3.26. The Balaban J connectivity index is 2.24. The molecule has 0 unspecified atom stereocenters. The van der Waals surface area contributed by atoms with Gasteiger partial charge in [0, 0.05) is 13.0 Å². The Hall–Kier alpha value is -1.34. The van der Waals surface area contributed by atoms with E-state index in [9.17, 15) is 4.79 Å². The minimum absolute atomic E-state index is 0.0699. The summed E-state index contributed by atoms with van der Waals surface area (Å²) in [6.07, 6.45) is 8.14. The van der Waals surface area contributed by atoms with Crippen molar-refractivity contribution in [1.29, 1.82) is 0 Å². The normalized spacial score (nSPS) is 9.15. The third-order valence-corrected chi connectivity index (χ3v) is 2.21. The maximum Gasteiger partial charge on any atom is 0.262 e. The van der Waals surface area contributed by atoms with Crippen molar-refractivity contribution in [2.24, 2.45) is 0 Å². The molecule has 0 spiro atoms. The average molecular weight is 194 g/mol. The Labute approximate surface area is 81.2 Å². The summed E-state index contributed by atoms with van der Waals surface area (Å²) in [4.78, 5) is 15.7. The number of carbonyl (C=O) groups is 1. The van der Waals surface area contributed by atoms with Crippen molar-refractivity contribution < 1.29 is 4.79 Å². The first-order chi connectivity index (χ1) is 6.34. The van der Waals surface area contributed by atoms with Crippen molar-refractivity contribution in [1.82, 2.24) is 10.3 Å². The SMILES string of the molecule is C#CCCCNC(=O)c1cncs1. The fourth-order valence-electron chi connectivity index (χ4n) is 0.807. The molecule has 3 nitrogen and oxygen atoms in total. The van der Waals surface area contributed by atoms with E-state index in [0.717, 1.165) is 6.42 Å². The first kappa shape index (κ1) is 9.75. The zero-order valence-corrected chi connectivity index (χ0v) is 7.93. The lowest BCUT2D eigenvalue weighted by atomic mass is 10.3. The van der Waals surface area contributed by atoms with E-state index in [1.807, 2.05) is 0 Å². The van der Waals surface area contributed by atoms with Crippen molar-refractivity contribution in [3.8, 4) is 12.3 Å². The van der Waals surface area contributed by atoms with Crippen LogP contribution < -0.4 is 5.32 Å².